The molecule has 0 radical (unpaired) electrons. The van der Waals surface area contributed by atoms with E-state index < -0.39 is 0 Å². The minimum atomic E-state index is -0.153. The number of hydrogen-bond donors (Lipinski definition) is 1. The Balaban J connectivity index is 2.38. The smallest absolute Gasteiger partial charge is 0.135 e. The second kappa shape index (κ2) is 5.56. The number of benzene rings is 2. The molecule has 0 aliphatic rings. The first-order chi connectivity index (χ1) is 8.72. The maximum absolute atomic E-state index is 5.98. The van der Waals surface area contributed by atoms with Gasteiger partial charge in [0.1, 0.15) is 17.2 Å². The fourth-order valence-electron chi connectivity index (χ4n) is 1.86. The molecular formula is C15H17NO2. The summed E-state index contributed by atoms with van der Waals surface area (Å²) in [6, 6.07) is 15.1. The molecule has 1 atom stereocenters. The molecule has 0 spiro atoms. The van der Waals surface area contributed by atoms with E-state index in [4.69, 9.17) is 15.2 Å². The Morgan fingerprint density at radius 1 is 0.944 bits per heavy atom. The van der Waals surface area contributed by atoms with Crippen LogP contribution >= 0.6 is 0 Å². The van der Waals surface area contributed by atoms with Crippen LogP contribution in [-0.4, -0.2) is 7.11 Å². The SMILES string of the molecule is COc1cccc(Oc2ccccc2)c1[C@H](C)N. The molecule has 0 fully saturated rings. The number of ether oxygens (including phenoxy) is 2. The van der Waals surface area contributed by atoms with Crippen LogP contribution in [0.2, 0.25) is 0 Å². The Labute approximate surface area is 107 Å². The Morgan fingerprint density at radius 2 is 1.61 bits per heavy atom. The van der Waals surface area contributed by atoms with Crippen molar-refractivity contribution < 1.29 is 9.47 Å². The van der Waals surface area contributed by atoms with Crippen molar-refractivity contribution in [1.29, 1.82) is 0 Å². The first-order valence-electron chi connectivity index (χ1n) is 5.87. The molecule has 2 N–H and O–H groups in total. The Morgan fingerprint density at radius 3 is 2.22 bits per heavy atom. The fraction of sp³-hybridized carbons (Fsp3) is 0.200. The van der Waals surface area contributed by atoms with Gasteiger partial charge in [-0.05, 0) is 31.2 Å². The third-order valence-electron chi connectivity index (χ3n) is 2.67. The van der Waals surface area contributed by atoms with Gasteiger partial charge in [0.15, 0.2) is 0 Å². The van der Waals surface area contributed by atoms with Crippen molar-refractivity contribution in [1.82, 2.24) is 0 Å². The molecule has 0 saturated carbocycles. The van der Waals surface area contributed by atoms with Crippen molar-refractivity contribution in [2.24, 2.45) is 5.73 Å². The summed E-state index contributed by atoms with van der Waals surface area (Å²) < 4.78 is 11.2. The summed E-state index contributed by atoms with van der Waals surface area (Å²) in [5.74, 6) is 2.27. The first kappa shape index (κ1) is 12.5. The molecule has 3 nitrogen and oxygen atoms in total. The molecule has 94 valence electrons. The summed E-state index contributed by atoms with van der Waals surface area (Å²) in [5, 5.41) is 0. The zero-order valence-corrected chi connectivity index (χ0v) is 10.6. The van der Waals surface area contributed by atoms with E-state index in [1.807, 2.05) is 55.5 Å². The van der Waals surface area contributed by atoms with E-state index >= 15 is 0 Å². The van der Waals surface area contributed by atoms with E-state index in [-0.39, 0.29) is 6.04 Å². The van der Waals surface area contributed by atoms with Gasteiger partial charge in [-0.2, -0.15) is 0 Å². The number of methoxy groups -OCH3 is 1. The van der Waals surface area contributed by atoms with E-state index in [9.17, 15) is 0 Å². The van der Waals surface area contributed by atoms with Crippen LogP contribution in [0.1, 0.15) is 18.5 Å². The zero-order valence-electron chi connectivity index (χ0n) is 10.6. The molecule has 2 rings (SSSR count). The molecule has 0 unspecified atom stereocenters. The molecule has 0 aromatic heterocycles. The van der Waals surface area contributed by atoms with Gasteiger partial charge in [0.05, 0.1) is 12.7 Å². The molecule has 0 aliphatic carbocycles. The number of para-hydroxylation sites is 1. The van der Waals surface area contributed by atoms with Gasteiger partial charge in [0.25, 0.3) is 0 Å². The number of hydrogen-bond acceptors (Lipinski definition) is 3. The monoisotopic (exact) mass is 243 g/mol. The summed E-state index contributed by atoms with van der Waals surface area (Å²) in [5.41, 5.74) is 6.86. The lowest BCUT2D eigenvalue weighted by atomic mass is 10.1. The first-order valence-corrected chi connectivity index (χ1v) is 5.87. The van der Waals surface area contributed by atoms with E-state index in [0.29, 0.717) is 0 Å². The van der Waals surface area contributed by atoms with Crippen LogP contribution in [0.5, 0.6) is 17.2 Å². The van der Waals surface area contributed by atoms with Gasteiger partial charge in [0, 0.05) is 6.04 Å². The second-order valence-electron chi connectivity index (χ2n) is 4.08. The highest BCUT2D eigenvalue weighted by molar-refractivity contribution is 5.48. The largest absolute Gasteiger partial charge is 0.496 e. The predicted octanol–water partition coefficient (Wildman–Crippen LogP) is 3.51. The van der Waals surface area contributed by atoms with Crippen molar-refractivity contribution in [3.05, 3.63) is 54.1 Å². The zero-order chi connectivity index (χ0) is 13.0. The van der Waals surface area contributed by atoms with E-state index in [2.05, 4.69) is 0 Å². The van der Waals surface area contributed by atoms with Crippen LogP contribution in [0.25, 0.3) is 0 Å². The predicted molar refractivity (Wildman–Crippen MR) is 72.1 cm³/mol. The number of nitrogens with two attached hydrogens (primary N) is 1. The van der Waals surface area contributed by atoms with Gasteiger partial charge >= 0.3 is 0 Å². The van der Waals surface area contributed by atoms with E-state index in [0.717, 1.165) is 22.8 Å². The van der Waals surface area contributed by atoms with Crippen molar-refractivity contribution in [2.45, 2.75) is 13.0 Å². The molecule has 18 heavy (non-hydrogen) atoms. The van der Waals surface area contributed by atoms with Crippen LogP contribution in [-0.2, 0) is 0 Å². The topological polar surface area (TPSA) is 44.5 Å². The lowest BCUT2D eigenvalue weighted by Gasteiger charge is -2.17. The highest BCUT2D eigenvalue weighted by atomic mass is 16.5. The highest BCUT2D eigenvalue weighted by Gasteiger charge is 2.14. The Kier molecular flexibility index (Phi) is 3.85. The van der Waals surface area contributed by atoms with Crippen molar-refractivity contribution in [3.63, 3.8) is 0 Å². The molecule has 2 aromatic carbocycles. The van der Waals surface area contributed by atoms with Crippen molar-refractivity contribution in [3.8, 4) is 17.2 Å². The minimum absolute atomic E-state index is 0.153. The van der Waals surface area contributed by atoms with Gasteiger partial charge in [-0.15, -0.1) is 0 Å². The van der Waals surface area contributed by atoms with Crippen LogP contribution in [0.3, 0.4) is 0 Å². The average molecular weight is 243 g/mol. The number of rotatable bonds is 4. The van der Waals surface area contributed by atoms with Crippen LogP contribution in [0.15, 0.2) is 48.5 Å². The van der Waals surface area contributed by atoms with Crippen molar-refractivity contribution >= 4 is 0 Å². The molecule has 0 aliphatic heterocycles. The standard InChI is InChI=1S/C15H17NO2/c1-11(16)15-13(17-2)9-6-10-14(15)18-12-7-4-3-5-8-12/h3-11H,16H2,1-2H3/t11-/m0/s1. The van der Waals surface area contributed by atoms with Crippen LogP contribution in [0.4, 0.5) is 0 Å². The summed E-state index contributed by atoms with van der Waals surface area (Å²) in [6.45, 7) is 1.91. The van der Waals surface area contributed by atoms with Gasteiger partial charge in [-0.3, -0.25) is 0 Å². The Bertz CT molecular complexity index is 509. The molecular weight excluding hydrogens is 226 g/mol. The summed E-state index contributed by atoms with van der Waals surface area (Å²) in [6.07, 6.45) is 0. The van der Waals surface area contributed by atoms with Gasteiger partial charge in [0.2, 0.25) is 0 Å². The minimum Gasteiger partial charge on any atom is -0.496 e. The quantitative estimate of drug-likeness (QED) is 0.893. The molecule has 3 heteroatoms. The summed E-state index contributed by atoms with van der Waals surface area (Å²) in [7, 11) is 1.63. The highest BCUT2D eigenvalue weighted by Crippen LogP contribution is 2.35. The third-order valence-corrected chi connectivity index (χ3v) is 2.67. The van der Waals surface area contributed by atoms with Gasteiger partial charge in [-0.25, -0.2) is 0 Å². The normalized spacial score (nSPS) is 11.9. The maximum Gasteiger partial charge on any atom is 0.135 e. The van der Waals surface area contributed by atoms with Crippen molar-refractivity contribution in [2.75, 3.05) is 7.11 Å². The van der Waals surface area contributed by atoms with Gasteiger partial charge in [-0.1, -0.05) is 24.3 Å². The van der Waals surface area contributed by atoms with Crippen LogP contribution in [0, 0.1) is 0 Å². The average Bonchev–Trinajstić information content (AvgIpc) is 2.39. The van der Waals surface area contributed by atoms with E-state index in [1.165, 1.54) is 0 Å². The van der Waals surface area contributed by atoms with E-state index in [1.54, 1.807) is 7.11 Å². The fourth-order valence-corrected chi connectivity index (χ4v) is 1.86. The molecule has 2 aromatic rings. The molecule has 0 saturated heterocycles. The lowest BCUT2D eigenvalue weighted by Crippen LogP contribution is -2.08. The summed E-state index contributed by atoms with van der Waals surface area (Å²) >= 11 is 0. The van der Waals surface area contributed by atoms with Gasteiger partial charge < -0.3 is 15.2 Å². The summed E-state index contributed by atoms with van der Waals surface area (Å²) in [4.78, 5) is 0. The molecule has 0 amide bonds. The molecule has 0 heterocycles. The lowest BCUT2D eigenvalue weighted by molar-refractivity contribution is 0.397. The Hall–Kier alpha value is -2.00. The maximum atomic E-state index is 5.98. The molecule has 0 bridgehead atoms. The van der Waals surface area contributed by atoms with Crippen LogP contribution < -0.4 is 15.2 Å². The third kappa shape index (κ3) is 2.63. The second-order valence-corrected chi connectivity index (χ2v) is 4.08.